The minimum atomic E-state index is -0.414. The van der Waals surface area contributed by atoms with Gasteiger partial charge in [0, 0.05) is 16.9 Å². The van der Waals surface area contributed by atoms with Gasteiger partial charge in [0.15, 0.2) is 5.78 Å². The number of Topliss-reactive ketones (excluding diaryl/α,β-unsaturated/α-hetero) is 1. The SMILES string of the molecule is COc1ccc(C(=O)Cn2nc(C3CC3)c3cnn(-c4ccc(F)cc4)c3c2=O)cc1. The first-order chi connectivity index (χ1) is 15.0. The monoisotopic (exact) mass is 418 g/mol. The molecule has 0 amide bonds. The lowest BCUT2D eigenvalue weighted by molar-refractivity contribution is 0.0965. The molecule has 31 heavy (non-hydrogen) atoms. The average Bonchev–Trinajstić information content (AvgIpc) is 3.54. The standard InChI is InChI=1S/C23H19FN4O3/c1-31-18-10-4-14(5-11-18)20(29)13-27-23(30)22-19(21(26-27)15-2-3-15)12-25-28(22)17-8-6-16(24)7-9-17/h4-12,15H,2-3,13H2,1H3. The predicted molar refractivity (Wildman–Crippen MR) is 112 cm³/mol. The first kappa shape index (κ1) is 19.2. The van der Waals surface area contributed by atoms with Crippen molar-refractivity contribution in [2.75, 3.05) is 7.11 Å². The van der Waals surface area contributed by atoms with Gasteiger partial charge < -0.3 is 4.74 Å². The smallest absolute Gasteiger partial charge is 0.293 e. The number of carbonyl (C=O) groups excluding carboxylic acids is 1. The van der Waals surface area contributed by atoms with Crippen molar-refractivity contribution in [3.8, 4) is 11.4 Å². The highest BCUT2D eigenvalue weighted by molar-refractivity contribution is 5.96. The molecule has 2 heterocycles. The van der Waals surface area contributed by atoms with E-state index in [1.165, 1.54) is 21.5 Å². The molecule has 0 aliphatic heterocycles. The molecule has 0 atom stereocenters. The van der Waals surface area contributed by atoms with Crippen molar-refractivity contribution >= 4 is 16.7 Å². The molecular formula is C23H19FN4O3. The zero-order valence-electron chi connectivity index (χ0n) is 16.8. The van der Waals surface area contributed by atoms with Gasteiger partial charge in [0.05, 0.1) is 24.7 Å². The molecular weight excluding hydrogens is 399 g/mol. The molecule has 0 saturated heterocycles. The maximum absolute atomic E-state index is 13.4. The topological polar surface area (TPSA) is 79.0 Å². The summed E-state index contributed by atoms with van der Waals surface area (Å²) in [5, 5.41) is 9.57. The van der Waals surface area contributed by atoms with Crippen molar-refractivity contribution in [3.05, 3.63) is 82.2 Å². The van der Waals surface area contributed by atoms with Crippen LogP contribution < -0.4 is 10.3 Å². The van der Waals surface area contributed by atoms with E-state index in [1.807, 2.05) is 0 Å². The normalized spacial score (nSPS) is 13.5. The molecule has 8 heteroatoms. The van der Waals surface area contributed by atoms with Crippen molar-refractivity contribution in [2.45, 2.75) is 25.3 Å². The van der Waals surface area contributed by atoms with Crippen LogP contribution >= 0.6 is 0 Å². The van der Waals surface area contributed by atoms with Crippen LogP contribution in [0.3, 0.4) is 0 Å². The summed E-state index contributed by atoms with van der Waals surface area (Å²) < 4.78 is 21.2. The molecule has 0 N–H and O–H groups in total. The molecule has 0 radical (unpaired) electrons. The van der Waals surface area contributed by atoms with Gasteiger partial charge in [-0.2, -0.15) is 10.2 Å². The Morgan fingerprint density at radius 2 is 1.84 bits per heavy atom. The zero-order chi connectivity index (χ0) is 21.5. The molecule has 4 aromatic rings. The van der Waals surface area contributed by atoms with Gasteiger partial charge in [-0.15, -0.1) is 0 Å². The number of benzene rings is 2. The van der Waals surface area contributed by atoms with E-state index in [1.54, 1.807) is 49.7 Å². The second-order valence-electron chi connectivity index (χ2n) is 7.57. The van der Waals surface area contributed by atoms with Crippen LogP contribution in [0.5, 0.6) is 5.75 Å². The van der Waals surface area contributed by atoms with Crippen molar-refractivity contribution in [1.82, 2.24) is 19.6 Å². The van der Waals surface area contributed by atoms with E-state index in [0.717, 1.165) is 18.5 Å². The van der Waals surface area contributed by atoms with Crippen LogP contribution in [-0.2, 0) is 6.54 Å². The number of carbonyl (C=O) groups is 1. The van der Waals surface area contributed by atoms with Gasteiger partial charge in [0.1, 0.15) is 23.6 Å². The van der Waals surface area contributed by atoms with Gasteiger partial charge in [-0.05, 0) is 61.4 Å². The quantitative estimate of drug-likeness (QED) is 0.448. The zero-order valence-corrected chi connectivity index (χ0v) is 16.8. The van der Waals surface area contributed by atoms with Gasteiger partial charge in [-0.25, -0.2) is 13.8 Å². The lowest BCUT2D eigenvalue weighted by atomic mass is 10.1. The third kappa shape index (κ3) is 3.50. The van der Waals surface area contributed by atoms with E-state index in [2.05, 4.69) is 10.2 Å². The van der Waals surface area contributed by atoms with Crippen LogP contribution in [0.25, 0.3) is 16.6 Å². The summed E-state index contributed by atoms with van der Waals surface area (Å²) in [7, 11) is 1.55. The fourth-order valence-electron chi connectivity index (χ4n) is 3.64. The number of methoxy groups -OCH3 is 1. The van der Waals surface area contributed by atoms with E-state index in [0.29, 0.717) is 27.9 Å². The van der Waals surface area contributed by atoms with Crippen LogP contribution in [0, 0.1) is 5.82 Å². The van der Waals surface area contributed by atoms with E-state index in [4.69, 9.17) is 4.74 Å². The van der Waals surface area contributed by atoms with Crippen molar-refractivity contribution in [3.63, 3.8) is 0 Å². The Balaban J connectivity index is 1.60. The molecule has 2 aromatic heterocycles. The van der Waals surface area contributed by atoms with Crippen LogP contribution in [0.1, 0.15) is 34.8 Å². The first-order valence-corrected chi connectivity index (χ1v) is 9.97. The maximum Gasteiger partial charge on any atom is 0.293 e. The number of ether oxygens (including phenoxy) is 1. The number of rotatable bonds is 6. The number of ketones is 1. The molecule has 2 aromatic carbocycles. The Hall–Kier alpha value is -3.81. The third-order valence-corrected chi connectivity index (χ3v) is 5.45. The van der Waals surface area contributed by atoms with E-state index < -0.39 is 5.56 Å². The highest BCUT2D eigenvalue weighted by Crippen LogP contribution is 2.41. The van der Waals surface area contributed by atoms with Crippen molar-refractivity contribution in [2.24, 2.45) is 0 Å². The highest BCUT2D eigenvalue weighted by atomic mass is 19.1. The van der Waals surface area contributed by atoms with Crippen molar-refractivity contribution in [1.29, 1.82) is 0 Å². The van der Waals surface area contributed by atoms with E-state index in [9.17, 15) is 14.0 Å². The summed E-state index contributed by atoms with van der Waals surface area (Å²) in [4.78, 5) is 26.1. The van der Waals surface area contributed by atoms with Crippen LogP contribution in [0.2, 0.25) is 0 Å². The molecule has 7 nitrogen and oxygen atoms in total. The largest absolute Gasteiger partial charge is 0.497 e. The van der Waals surface area contributed by atoms with Crippen LogP contribution in [0.15, 0.2) is 59.5 Å². The van der Waals surface area contributed by atoms with Crippen LogP contribution in [-0.4, -0.2) is 32.5 Å². The summed E-state index contributed by atoms with van der Waals surface area (Å²) in [5.74, 6) is 0.290. The van der Waals surface area contributed by atoms with Gasteiger partial charge in [-0.1, -0.05) is 0 Å². The summed E-state index contributed by atoms with van der Waals surface area (Å²) in [5.41, 5.74) is 1.73. The Labute approximate surface area is 176 Å². The van der Waals surface area contributed by atoms with Crippen molar-refractivity contribution < 1.29 is 13.9 Å². The molecule has 1 aliphatic rings. The van der Waals surface area contributed by atoms with Crippen LogP contribution in [0.4, 0.5) is 4.39 Å². The summed E-state index contributed by atoms with van der Waals surface area (Å²) in [6, 6.07) is 12.5. The highest BCUT2D eigenvalue weighted by Gasteiger charge is 2.30. The first-order valence-electron chi connectivity index (χ1n) is 9.97. The summed E-state index contributed by atoms with van der Waals surface area (Å²) in [6.07, 6.45) is 3.58. The molecule has 156 valence electrons. The number of halogens is 1. The fraction of sp³-hybridized carbons (Fsp3) is 0.217. The second kappa shape index (κ2) is 7.46. The number of nitrogens with zero attached hydrogens (tertiary/aromatic N) is 4. The molecule has 5 rings (SSSR count). The fourth-order valence-corrected chi connectivity index (χ4v) is 3.64. The number of hydrogen-bond donors (Lipinski definition) is 0. The Morgan fingerprint density at radius 3 is 2.48 bits per heavy atom. The maximum atomic E-state index is 13.4. The second-order valence-corrected chi connectivity index (χ2v) is 7.57. The predicted octanol–water partition coefficient (Wildman–Crippen LogP) is 3.49. The number of aromatic nitrogens is 4. The Bertz CT molecular complexity index is 1340. The summed E-state index contributed by atoms with van der Waals surface area (Å²) in [6.45, 7) is -0.185. The number of hydrogen-bond acceptors (Lipinski definition) is 5. The minimum Gasteiger partial charge on any atom is -0.497 e. The van der Waals surface area contributed by atoms with Gasteiger partial charge in [-0.3, -0.25) is 9.59 Å². The Kier molecular flexibility index (Phi) is 4.62. The summed E-state index contributed by atoms with van der Waals surface area (Å²) >= 11 is 0. The van der Waals surface area contributed by atoms with E-state index >= 15 is 0 Å². The molecule has 0 spiro atoms. The van der Waals surface area contributed by atoms with E-state index in [-0.39, 0.29) is 24.1 Å². The van der Waals surface area contributed by atoms with Gasteiger partial charge >= 0.3 is 0 Å². The van der Waals surface area contributed by atoms with Gasteiger partial charge in [0.25, 0.3) is 5.56 Å². The van der Waals surface area contributed by atoms with Gasteiger partial charge in [0.2, 0.25) is 0 Å². The lowest BCUT2D eigenvalue weighted by Gasteiger charge is -2.10. The molecule has 1 saturated carbocycles. The molecule has 0 unspecified atom stereocenters. The molecule has 1 aliphatic carbocycles. The molecule has 0 bridgehead atoms. The number of fused-ring (bicyclic) bond motifs is 1. The molecule has 1 fully saturated rings. The third-order valence-electron chi connectivity index (χ3n) is 5.45. The average molecular weight is 418 g/mol. The Morgan fingerprint density at radius 1 is 1.13 bits per heavy atom. The minimum absolute atomic E-state index is 0.185. The lowest BCUT2D eigenvalue weighted by Crippen LogP contribution is -2.29.